The summed E-state index contributed by atoms with van der Waals surface area (Å²) in [5.41, 5.74) is 0. The molecule has 0 saturated carbocycles. The Morgan fingerprint density at radius 1 is 0.684 bits per heavy atom. The molecule has 3 rings (SSSR count). The lowest BCUT2D eigenvalue weighted by atomic mass is 9.98. The number of rotatable bonds is 8. The normalized spacial score (nSPS) is 47.6. The zero-order chi connectivity index (χ0) is 28.9. The fourth-order valence-electron chi connectivity index (χ4n) is 4.01. The monoisotopic (exact) mass is 582 g/mol. The van der Waals surface area contributed by atoms with Crippen molar-refractivity contribution < 1.29 is 84.1 Å². The number of hydrogen-bond donors (Lipinski definition) is 11. The average molecular weight is 583 g/mol. The van der Waals surface area contributed by atoms with Gasteiger partial charge in [-0.1, -0.05) is 0 Å². The molecule has 0 radical (unpaired) electrons. The molecule has 0 aromatic carbocycles. The zero-order valence-corrected chi connectivity index (χ0v) is 21.4. The summed E-state index contributed by atoms with van der Waals surface area (Å²) in [6.45, 7) is -3.14. The van der Waals surface area contributed by atoms with Gasteiger partial charge in [-0.05, 0) is 0 Å². The lowest BCUT2D eigenvalue weighted by molar-refractivity contribution is -0.388. The van der Waals surface area contributed by atoms with E-state index < -0.39 is 123 Å². The summed E-state index contributed by atoms with van der Waals surface area (Å²) in [4.78, 5) is 0. The van der Waals surface area contributed by atoms with Gasteiger partial charge in [0.1, 0.15) is 73.8 Å². The number of aliphatic hydroxyl groups is 11. The van der Waals surface area contributed by atoms with E-state index in [9.17, 15) is 60.4 Å². The van der Waals surface area contributed by atoms with Crippen LogP contribution in [-0.4, -0.2) is 185 Å². The Hall–Kier alpha value is -0.490. The van der Waals surface area contributed by atoms with E-state index >= 15 is 0 Å². The second-order valence-corrected chi connectivity index (χ2v) is 10.6. The predicted octanol–water partition coefficient (Wildman–Crippen LogP) is -7.58. The summed E-state index contributed by atoms with van der Waals surface area (Å²) in [6.07, 6.45) is -18.5. The molecule has 0 bridgehead atoms. The van der Waals surface area contributed by atoms with Gasteiger partial charge in [-0.15, -0.1) is 0 Å². The minimum Gasteiger partial charge on any atom is -0.394 e. The largest absolute Gasteiger partial charge is 0.394 e. The topological polar surface area (TPSA) is 286 Å². The average Bonchev–Trinajstić information content (AvgIpc) is 3.12. The Morgan fingerprint density at radius 3 is 1.63 bits per heavy atom. The molecule has 226 valence electrons. The Labute approximate surface area is 219 Å². The van der Waals surface area contributed by atoms with Gasteiger partial charge in [0.25, 0.3) is 0 Å². The van der Waals surface area contributed by atoms with Crippen LogP contribution < -0.4 is 0 Å². The van der Waals surface area contributed by atoms with Gasteiger partial charge in [0.2, 0.25) is 5.79 Å². The molecule has 0 spiro atoms. The number of aliphatic hydroxyl groups excluding tert-OH is 11. The van der Waals surface area contributed by atoms with E-state index in [4.69, 9.17) is 23.7 Å². The van der Waals surface area contributed by atoms with E-state index in [1.165, 1.54) is 0 Å². The van der Waals surface area contributed by atoms with Crippen molar-refractivity contribution in [2.24, 2.45) is 0 Å². The van der Waals surface area contributed by atoms with Crippen molar-refractivity contribution >= 4 is 10.8 Å². The van der Waals surface area contributed by atoms with Gasteiger partial charge >= 0.3 is 0 Å². The third-order valence-electron chi connectivity index (χ3n) is 6.16. The third kappa shape index (κ3) is 7.42. The van der Waals surface area contributed by atoms with Crippen molar-refractivity contribution in [1.29, 1.82) is 0 Å². The Bertz CT molecular complexity index is 742. The molecule has 0 amide bonds. The van der Waals surface area contributed by atoms with Crippen LogP contribution in [0.2, 0.25) is 0 Å². The van der Waals surface area contributed by atoms with Gasteiger partial charge in [-0.25, -0.2) is 0 Å². The molecule has 3 heterocycles. The maximum absolute atomic E-state index is 10.3. The lowest BCUT2D eigenvalue weighted by Crippen LogP contribution is -2.63. The maximum Gasteiger partial charge on any atom is 0.224 e. The highest BCUT2D eigenvalue weighted by molar-refractivity contribution is 7.83. The van der Waals surface area contributed by atoms with Crippen LogP contribution in [0.5, 0.6) is 0 Å². The molecule has 3 saturated heterocycles. The molecule has 0 unspecified atom stereocenters. The summed E-state index contributed by atoms with van der Waals surface area (Å²) in [6, 6.07) is 0. The van der Waals surface area contributed by atoms with Crippen LogP contribution in [0.3, 0.4) is 0 Å². The first kappa shape index (κ1) is 33.7. The first-order valence-electron chi connectivity index (χ1n) is 11.5. The van der Waals surface area contributed by atoms with E-state index in [1.54, 1.807) is 12.5 Å². The molecule has 3 fully saturated rings. The second kappa shape index (κ2) is 14.4. The van der Waals surface area contributed by atoms with Crippen molar-refractivity contribution in [3.05, 3.63) is 0 Å². The first-order valence-corrected chi connectivity index (χ1v) is 13.5. The molecule has 0 aliphatic carbocycles. The highest BCUT2D eigenvalue weighted by Gasteiger charge is 2.58. The molecule has 0 aromatic heterocycles. The summed E-state index contributed by atoms with van der Waals surface area (Å²) >= 11 is 0. The van der Waals surface area contributed by atoms with Crippen LogP contribution in [0, 0.1) is 0 Å². The van der Waals surface area contributed by atoms with Crippen LogP contribution in [-0.2, 0) is 34.5 Å². The number of hydrogen-bond acceptors (Lipinski definition) is 17. The van der Waals surface area contributed by atoms with E-state index in [1.807, 2.05) is 0 Å². The molecule has 38 heavy (non-hydrogen) atoms. The Morgan fingerprint density at radius 2 is 1.16 bits per heavy atom. The highest BCUT2D eigenvalue weighted by Crippen LogP contribution is 2.36. The SMILES string of the molecule is CS(C)=O.OC[C@H]1O[C@H](OC[C@H]2O[C@H](O[C@]3(CO)O[C@H](CO)[C@@H](O)[C@@H]3O)[C@H](O)[C@@H](O)[C@@H]2O)[C@H](O)[C@@H](O)[C@H]1O. The molecule has 3 aliphatic rings. The van der Waals surface area contributed by atoms with Crippen molar-refractivity contribution in [2.75, 3.05) is 38.9 Å². The lowest BCUT2D eigenvalue weighted by Gasteiger charge is -2.44. The van der Waals surface area contributed by atoms with E-state index in [0.29, 0.717) is 0 Å². The van der Waals surface area contributed by atoms with Crippen LogP contribution in [0.25, 0.3) is 0 Å². The molecule has 18 heteroatoms. The molecule has 11 N–H and O–H groups in total. The van der Waals surface area contributed by atoms with Gasteiger partial charge in [0.05, 0.1) is 19.8 Å². The predicted molar refractivity (Wildman–Crippen MR) is 121 cm³/mol. The van der Waals surface area contributed by atoms with Crippen LogP contribution in [0.1, 0.15) is 0 Å². The molecular formula is C20H38O17S. The minimum atomic E-state index is -2.36. The smallest absolute Gasteiger partial charge is 0.224 e. The molecule has 17 nitrogen and oxygen atoms in total. The van der Waals surface area contributed by atoms with Crippen molar-refractivity contribution in [1.82, 2.24) is 0 Å². The fourth-order valence-corrected chi connectivity index (χ4v) is 4.01. The molecular weight excluding hydrogens is 544 g/mol. The van der Waals surface area contributed by atoms with E-state index in [-0.39, 0.29) is 0 Å². The van der Waals surface area contributed by atoms with E-state index in [2.05, 4.69) is 0 Å². The fraction of sp³-hybridized carbons (Fsp3) is 1.00. The minimum absolute atomic E-state index is 0.611. The van der Waals surface area contributed by atoms with Gasteiger partial charge < -0.3 is 79.9 Å². The maximum atomic E-state index is 10.3. The molecule has 3 aliphatic heterocycles. The van der Waals surface area contributed by atoms with Gasteiger partial charge in [-0.2, -0.15) is 0 Å². The molecule has 14 atom stereocenters. The summed E-state index contributed by atoms with van der Waals surface area (Å²) in [5.74, 6) is -2.36. The van der Waals surface area contributed by atoms with Gasteiger partial charge in [-0.3, -0.25) is 4.21 Å². The van der Waals surface area contributed by atoms with Crippen LogP contribution in [0.15, 0.2) is 0 Å². The van der Waals surface area contributed by atoms with Crippen molar-refractivity contribution in [2.45, 2.75) is 85.5 Å². The van der Waals surface area contributed by atoms with Crippen molar-refractivity contribution in [3.8, 4) is 0 Å². The standard InChI is InChI=1S/C18H32O16.C2H6OS/c19-1-5-8(22)11(25)13(27)16(31-5)30-3-7-9(23)12(26)14(28)17(32-7)34-18(4-21)15(29)10(24)6(2-20)33-18;1-4(2)3/h5-17,19-29H,1-4H2;1-2H3/t5-,6-,7-,8+,9-,10-,11+,12+,13-,14-,15+,16+,17-,18+;/m1./s1. The Balaban J connectivity index is 0.00000118. The zero-order valence-electron chi connectivity index (χ0n) is 20.6. The van der Waals surface area contributed by atoms with Crippen LogP contribution >= 0.6 is 0 Å². The quantitative estimate of drug-likeness (QED) is 0.127. The summed E-state index contributed by atoms with van der Waals surface area (Å²) < 4.78 is 36.0. The second-order valence-electron chi connectivity index (χ2n) is 9.15. The van der Waals surface area contributed by atoms with E-state index in [0.717, 1.165) is 0 Å². The number of ether oxygens (including phenoxy) is 5. The molecule has 0 aromatic rings. The summed E-state index contributed by atoms with van der Waals surface area (Å²) in [5, 5.41) is 109. The highest BCUT2D eigenvalue weighted by atomic mass is 32.2. The Kier molecular flexibility index (Phi) is 12.8. The van der Waals surface area contributed by atoms with Gasteiger partial charge in [0.15, 0.2) is 12.6 Å². The van der Waals surface area contributed by atoms with Crippen LogP contribution in [0.4, 0.5) is 0 Å². The third-order valence-corrected chi connectivity index (χ3v) is 6.16. The first-order chi connectivity index (χ1) is 17.7. The van der Waals surface area contributed by atoms with Crippen molar-refractivity contribution in [3.63, 3.8) is 0 Å². The van der Waals surface area contributed by atoms with Gasteiger partial charge in [0, 0.05) is 23.3 Å². The summed E-state index contributed by atoms with van der Waals surface area (Å²) in [7, 11) is -0.611.